The third-order valence-electron chi connectivity index (χ3n) is 4.77. The molecule has 124 valence electrons. The molecule has 2 nitrogen and oxygen atoms in total. The molecule has 0 saturated heterocycles. The van der Waals surface area contributed by atoms with E-state index in [2.05, 4.69) is 45.3 Å². The molecule has 23 heavy (non-hydrogen) atoms. The van der Waals surface area contributed by atoms with Gasteiger partial charge in [-0.1, -0.05) is 28.9 Å². The molecule has 1 aromatic carbocycles. The molecule has 0 unspecified atom stereocenters. The summed E-state index contributed by atoms with van der Waals surface area (Å²) >= 11 is 5.53. The normalized spacial score (nSPS) is 17.4. The number of rotatable bonds is 6. The van der Waals surface area contributed by atoms with Crippen molar-refractivity contribution in [2.24, 2.45) is 0 Å². The second-order valence-electron chi connectivity index (χ2n) is 6.29. The number of halogens is 1. The summed E-state index contributed by atoms with van der Waals surface area (Å²) in [6, 6.07) is 8.75. The highest BCUT2D eigenvalue weighted by Crippen LogP contribution is 2.35. The van der Waals surface area contributed by atoms with Gasteiger partial charge in [-0.2, -0.15) is 0 Å². The number of hydrogen-bond acceptors (Lipinski definition) is 3. The lowest BCUT2D eigenvalue weighted by Crippen LogP contribution is -2.41. The van der Waals surface area contributed by atoms with Gasteiger partial charge in [0.25, 0.3) is 0 Å². The summed E-state index contributed by atoms with van der Waals surface area (Å²) in [5, 5.41) is 12.3. The summed E-state index contributed by atoms with van der Waals surface area (Å²) in [7, 11) is 0. The van der Waals surface area contributed by atoms with Gasteiger partial charge in [-0.25, -0.2) is 0 Å². The number of benzene rings is 1. The molecule has 0 saturated carbocycles. The molecule has 0 fully saturated rings. The van der Waals surface area contributed by atoms with Gasteiger partial charge in [0.05, 0.1) is 0 Å². The summed E-state index contributed by atoms with van der Waals surface area (Å²) in [6.45, 7) is 4.54. The Morgan fingerprint density at radius 2 is 2.13 bits per heavy atom. The molecule has 1 N–H and O–H groups in total. The molecule has 1 aromatic heterocycles. The average molecular weight is 394 g/mol. The molecular formula is C19H24BrNOS. The predicted molar refractivity (Wildman–Crippen MR) is 102 cm³/mol. The quantitative estimate of drug-likeness (QED) is 0.743. The lowest BCUT2D eigenvalue weighted by atomic mass is 9.86. The highest BCUT2D eigenvalue weighted by molar-refractivity contribution is 9.10. The van der Waals surface area contributed by atoms with Crippen molar-refractivity contribution in [3.63, 3.8) is 0 Å². The van der Waals surface area contributed by atoms with E-state index < -0.39 is 0 Å². The van der Waals surface area contributed by atoms with E-state index in [1.807, 2.05) is 23.5 Å². The Balaban J connectivity index is 1.72. The maximum Gasteiger partial charge on any atom is 0.119 e. The Morgan fingerprint density at radius 1 is 1.26 bits per heavy atom. The molecule has 1 aliphatic carbocycles. The van der Waals surface area contributed by atoms with Crippen LogP contribution in [0.25, 0.3) is 0 Å². The second kappa shape index (κ2) is 7.82. The maximum absolute atomic E-state index is 10.1. The zero-order chi connectivity index (χ0) is 16.2. The van der Waals surface area contributed by atoms with E-state index in [0.717, 1.165) is 48.8 Å². The van der Waals surface area contributed by atoms with Gasteiger partial charge in [0, 0.05) is 21.9 Å². The summed E-state index contributed by atoms with van der Waals surface area (Å²) < 4.78 is 1.14. The van der Waals surface area contributed by atoms with Crippen LogP contribution in [0.5, 0.6) is 5.75 Å². The van der Waals surface area contributed by atoms with Gasteiger partial charge in [-0.15, -0.1) is 11.3 Å². The number of hydrogen-bond donors (Lipinski definition) is 1. The lowest BCUT2D eigenvalue weighted by Gasteiger charge is -2.35. The maximum atomic E-state index is 10.1. The Labute approximate surface area is 151 Å². The van der Waals surface area contributed by atoms with Crippen LogP contribution in [0, 0.1) is 0 Å². The molecule has 1 aliphatic rings. The number of phenols is 1. The van der Waals surface area contributed by atoms with Crippen molar-refractivity contribution in [1.82, 2.24) is 4.90 Å². The minimum atomic E-state index is 0.460. The first-order valence-corrected chi connectivity index (χ1v) is 10.1. The van der Waals surface area contributed by atoms with Gasteiger partial charge in [-0.3, -0.25) is 4.90 Å². The summed E-state index contributed by atoms with van der Waals surface area (Å²) in [5.74, 6) is 0.460. The Kier molecular flexibility index (Phi) is 5.78. The van der Waals surface area contributed by atoms with E-state index in [-0.39, 0.29) is 0 Å². The molecule has 0 radical (unpaired) electrons. The van der Waals surface area contributed by atoms with Crippen molar-refractivity contribution in [1.29, 1.82) is 0 Å². The van der Waals surface area contributed by atoms with Crippen LogP contribution in [0.2, 0.25) is 0 Å². The second-order valence-corrected chi connectivity index (χ2v) is 8.17. The van der Waals surface area contributed by atoms with Crippen molar-refractivity contribution in [2.45, 2.75) is 45.1 Å². The third kappa shape index (κ3) is 3.98. The highest BCUT2D eigenvalue weighted by Gasteiger charge is 2.26. The number of phenolic OH excluding ortho intramolecular Hbond substituents is 1. The van der Waals surface area contributed by atoms with Crippen molar-refractivity contribution >= 4 is 27.3 Å². The van der Waals surface area contributed by atoms with Crippen molar-refractivity contribution in [3.8, 4) is 5.75 Å². The fourth-order valence-electron chi connectivity index (χ4n) is 3.58. The van der Waals surface area contributed by atoms with Crippen molar-refractivity contribution < 1.29 is 5.11 Å². The number of thiophene rings is 1. The molecule has 0 bridgehead atoms. The Bertz CT molecular complexity index is 641. The topological polar surface area (TPSA) is 23.5 Å². The number of aromatic hydroxyl groups is 1. The van der Waals surface area contributed by atoms with Crippen LogP contribution in [-0.4, -0.2) is 29.1 Å². The fourth-order valence-corrected chi connectivity index (χ4v) is 4.82. The summed E-state index contributed by atoms with van der Waals surface area (Å²) in [4.78, 5) is 4.13. The highest BCUT2D eigenvalue weighted by atomic mass is 79.9. The van der Waals surface area contributed by atoms with Crippen molar-refractivity contribution in [2.75, 3.05) is 13.1 Å². The van der Waals surface area contributed by atoms with Crippen LogP contribution in [0.3, 0.4) is 0 Å². The van der Waals surface area contributed by atoms with Gasteiger partial charge in [0.15, 0.2) is 0 Å². The molecule has 1 atom stereocenters. The van der Waals surface area contributed by atoms with Gasteiger partial charge in [0.2, 0.25) is 0 Å². The van der Waals surface area contributed by atoms with E-state index in [9.17, 15) is 5.11 Å². The van der Waals surface area contributed by atoms with Crippen LogP contribution in [0.15, 0.2) is 34.1 Å². The number of fused-ring (bicyclic) bond motifs is 1. The minimum Gasteiger partial charge on any atom is -0.508 e. The predicted octanol–water partition coefficient (Wildman–Crippen LogP) is 5.03. The Hall–Kier alpha value is -0.840. The first-order valence-electron chi connectivity index (χ1n) is 8.44. The standard InChI is InChI=1S/C19H24BrNOS/c1-2-10-21(11-9-15-4-3-12-23-15)14-5-6-16-17(13-14)18(20)7-8-19(16)22/h3-4,7-8,12,14,22H,2,5-6,9-11,13H2,1H3/t14-/m0/s1. The van der Waals surface area contributed by atoms with E-state index in [0.29, 0.717) is 11.8 Å². The first kappa shape index (κ1) is 17.0. The summed E-state index contributed by atoms with van der Waals surface area (Å²) in [6.07, 6.45) is 5.48. The minimum absolute atomic E-state index is 0.460. The SMILES string of the molecule is CCCN(CCc1cccs1)[C@H]1CCc2c(O)ccc(Br)c2C1. The zero-order valence-electron chi connectivity index (χ0n) is 13.6. The van der Waals surface area contributed by atoms with Gasteiger partial charge < -0.3 is 5.11 Å². The first-order chi connectivity index (χ1) is 11.2. The van der Waals surface area contributed by atoms with Crippen LogP contribution >= 0.6 is 27.3 Å². The Morgan fingerprint density at radius 3 is 2.87 bits per heavy atom. The zero-order valence-corrected chi connectivity index (χ0v) is 16.0. The van der Waals surface area contributed by atoms with E-state index in [1.54, 1.807) is 0 Å². The fraction of sp³-hybridized carbons (Fsp3) is 0.474. The monoisotopic (exact) mass is 393 g/mol. The van der Waals surface area contributed by atoms with E-state index >= 15 is 0 Å². The number of nitrogens with zero attached hydrogens (tertiary/aromatic N) is 1. The molecule has 0 aliphatic heterocycles. The largest absolute Gasteiger partial charge is 0.508 e. The molecule has 4 heteroatoms. The summed E-state index contributed by atoms with van der Waals surface area (Å²) in [5.41, 5.74) is 2.45. The van der Waals surface area contributed by atoms with Crippen LogP contribution in [0.4, 0.5) is 0 Å². The van der Waals surface area contributed by atoms with Crippen LogP contribution in [-0.2, 0) is 19.3 Å². The molecule has 2 aromatic rings. The van der Waals surface area contributed by atoms with Gasteiger partial charge in [-0.05, 0) is 73.4 Å². The molecule has 0 spiro atoms. The van der Waals surface area contributed by atoms with E-state index in [1.165, 1.54) is 16.9 Å². The van der Waals surface area contributed by atoms with Crippen molar-refractivity contribution in [3.05, 3.63) is 50.1 Å². The third-order valence-corrected chi connectivity index (χ3v) is 6.45. The van der Waals surface area contributed by atoms with Crippen LogP contribution in [0.1, 0.15) is 35.8 Å². The lowest BCUT2D eigenvalue weighted by molar-refractivity contribution is 0.181. The average Bonchev–Trinajstić information content (AvgIpc) is 3.08. The molecule has 1 heterocycles. The van der Waals surface area contributed by atoms with Crippen LogP contribution < -0.4 is 0 Å². The molecular weight excluding hydrogens is 370 g/mol. The molecule has 0 amide bonds. The molecule has 3 rings (SSSR count). The van der Waals surface area contributed by atoms with E-state index in [4.69, 9.17) is 0 Å². The van der Waals surface area contributed by atoms with Gasteiger partial charge in [0.1, 0.15) is 5.75 Å². The smallest absolute Gasteiger partial charge is 0.119 e. The van der Waals surface area contributed by atoms with Gasteiger partial charge >= 0.3 is 0 Å².